The van der Waals surface area contributed by atoms with Crippen molar-refractivity contribution in [3.8, 4) is 11.1 Å². The van der Waals surface area contributed by atoms with E-state index in [1.807, 2.05) is 54.6 Å². The van der Waals surface area contributed by atoms with Crippen LogP contribution in [-0.2, 0) is 9.53 Å². The first-order valence-electron chi connectivity index (χ1n) is 10.6. The minimum absolute atomic E-state index is 0.0546. The van der Waals surface area contributed by atoms with Crippen LogP contribution in [0.4, 0.5) is 4.79 Å². The highest BCUT2D eigenvalue weighted by Crippen LogP contribution is 2.44. The molecule has 3 aromatic rings. The number of aliphatic carboxylic acids is 1. The van der Waals surface area contributed by atoms with Gasteiger partial charge < -0.3 is 9.84 Å². The number of carbonyl (C=O) groups excluding carboxylic acids is 1. The number of hydrogen-bond donors (Lipinski definition) is 1. The number of hydrogen-bond acceptors (Lipinski definition) is 3. The molecular formula is C27H25NO4. The molecule has 1 aliphatic rings. The second kappa shape index (κ2) is 9.52. The smallest absolute Gasteiger partial charge is 0.414 e. The Morgan fingerprint density at radius 1 is 0.938 bits per heavy atom. The van der Waals surface area contributed by atoms with Gasteiger partial charge in [-0.2, -0.15) is 0 Å². The molecule has 1 N–H and O–H groups in total. The number of benzene rings is 3. The van der Waals surface area contributed by atoms with E-state index in [2.05, 4.69) is 24.3 Å². The monoisotopic (exact) mass is 427 g/mol. The summed E-state index contributed by atoms with van der Waals surface area (Å²) >= 11 is 0. The highest BCUT2D eigenvalue weighted by Gasteiger charge is 2.30. The maximum absolute atomic E-state index is 13.0. The average molecular weight is 428 g/mol. The maximum Gasteiger partial charge on any atom is 0.414 e. The zero-order chi connectivity index (χ0) is 22.5. The summed E-state index contributed by atoms with van der Waals surface area (Å²) in [6, 6.07) is 25.3. The molecule has 0 spiro atoms. The summed E-state index contributed by atoms with van der Waals surface area (Å²) in [5.41, 5.74) is 5.48. The van der Waals surface area contributed by atoms with Gasteiger partial charge in [-0.15, -0.1) is 0 Å². The molecule has 1 atom stereocenters. The molecule has 0 aromatic heterocycles. The first-order chi connectivity index (χ1) is 15.5. The van der Waals surface area contributed by atoms with Crippen LogP contribution in [-0.4, -0.2) is 34.7 Å². The van der Waals surface area contributed by atoms with Gasteiger partial charge in [0, 0.05) is 18.2 Å². The summed E-state index contributed by atoms with van der Waals surface area (Å²) < 4.78 is 5.74. The predicted molar refractivity (Wildman–Crippen MR) is 124 cm³/mol. The summed E-state index contributed by atoms with van der Waals surface area (Å²) in [4.78, 5) is 25.6. The van der Waals surface area contributed by atoms with Crippen LogP contribution >= 0.6 is 0 Å². The molecule has 0 fully saturated rings. The van der Waals surface area contributed by atoms with Crippen molar-refractivity contribution < 1.29 is 19.4 Å². The third-order valence-electron chi connectivity index (χ3n) is 5.72. The zero-order valence-electron chi connectivity index (χ0n) is 17.8. The topological polar surface area (TPSA) is 66.8 Å². The van der Waals surface area contributed by atoms with Crippen molar-refractivity contribution in [2.24, 2.45) is 0 Å². The van der Waals surface area contributed by atoms with Gasteiger partial charge in [0.05, 0.1) is 6.42 Å². The molecule has 0 heterocycles. The van der Waals surface area contributed by atoms with Gasteiger partial charge >= 0.3 is 12.1 Å². The van der Waals surface area contributed by atoms with Crippen LogP contribution < -0.4 is 0 Å². The Labute approximate surface area is 187 Å². The molecule has 162 valence electrons. The van der Waals surface area contributed by atoms with Crippen LogP contribution in [0.25, 0.3) is 17.2 Å². The van der Waals surface area contributed by atoms with E-state index >= 15 is 0 Å². The lowest BCUT2D eigenvalue weighted by Crippen LogP contribution is -2.36. The van der Waals surface area contributed by atoms with Crippen LogP contribution in [0.15, 0.2) is 85.1 Å². The average Bonchev–Trinajstić information content (AvgIpc) is 3.12. The molecule has 0 saturated heterocycles. The van der Waals surface area contributed by atoms with Gasteiger partial charge in [-0.25, -0.2) is 4.79 Å². The van der Waals surface area contributed by atoms with E-state index in [1.165, 1.54) is 4.90 Å². The lowest BCUT2D eigenvalue weighted by Gasteiger charge is -2.25. The van der Waals surface area contributed by atoms with E-state index < -0.39 is 18.1 Å². The maximum atomic E-state index is 13.0. The van der Waals surface area contributed by atoms with Crippen LogP contribution in [0.2, 0.25) is 0 Å². The number of fused-ring (bicyclic) bond motifs is 3. The number of carboxylic acids is 1. The molecule has 0 saturated carbocycles. The van der Waals surface area contributed by atoms with Gasteiger partial charge in [-0.1, -0.05) is 78.9 Å². The molecule has 0 bridgehead atoms. The Hall–Kier alpha value is -3.86. The van der Waals surface area contributed by atoms with E-state index in [9.17, 15) is 14.7 Å². The van der Waals surface area contributed by atoms with Gasteiger partial charge in [0.25, 0.3) is 0 Å². The molecule has 0 unspecified atom stereocenters. The first-order valence-corrected chi connectivity index (χ1v) is 10.6. The van der Waals surface area contributed by atoms with Crippen molar-refractivity contribution in [2.45, 2.75) is 25.3 Å². The molecule has 0 aliphatic heterocycles. The van der Waals surface area contributed by atoms with Gasteiger partial charge in [-0.3, -0.25) is 9.69 Å². The molecule has 4 rings (SSSR count). The molecular weight excluding hydrogens is 402 g/mol. The van der Waals surface area contributed by atoms with Crippen LogP contribution in [0, 0.1) is 0 Å². The molecule has 5 heteroatoms. The summed E-state index contributed by atoms with van der Waals surface area (Å²) in [7, 11) is 0. The molecule has 1 aliphatic carbocycles. The van der Waals surface area contributed by atoms with E-state index in [-0.39, 0.29) is 18.9 Å². The largest absolute Gasteiger partial charge is 0.481 e. The number of nitrogens with zero attached hydrogens (tertiary/aromatic N) is 1. The number of carboxylic acid groups (broad SMARTS) is 1. The molecule has 0 radical (unpaired) electrons. The van der Waals surface area contributed by atoms with Crippen molar-refractivity contribution in [1.29, 1.82) is 0 Å². The Bertz CT molecular complexity index is 1090. The predicted octanol–water partition coefficient (Wildman–Crippen LogP) is 5.77. The fourth-order valence-corrected chi connectivity index (χ4v) is 4.14. The highest BCUT2D eigenvalue weighted by atomic mass is 16.6. The van der Waals surface area contributed by atoms with Crippen LogP contribution in [0.5, 0.6) is 0 Å². The van der Waals surface area contributed by atoms with E-state index in [1.54, 1.807) is 19.2 Å². The second-order valence-electron chi connectivity index (χ2n) is 7.88. The first kappa shape index (κ1) is 21.4. The highest BCUT2D eigenvalue weighted by molar-refractivity contribution is 5.79. The Kier molecular flexibility index (Phi) is 6.36. The van der Waals surface area contributed by atoms with Crippen molar-refractivity contribution in [2.75, 3.05) is 6.61 Å². The van der Waals surface area contributed by atoms with Crippen LogP contribution in [0.1, 0.15) is 36.0 Å². The minimum atomic E-state index is -0.970. The molecule has 5 nitrogen and oxygen atoms in total. The summed E-state index contributed by atoms with van der Waals surface area (Å²) in [6.07, 6.45) is 2.64. The Morgan fingerprint density at radius 2 is 1.50 bits per heavy atom. The van der Waals surface area contributed by atoms with Crippen molar-refractivity contribution in [3.63, 3.8) is 0 Å². The second-order valence-corrected chi connectivity index (χ2v) is 7.88. The third kappa shape index (κ3) is 4.57. The van der Waals surface area contributed by atoms with Gasteiger partial charge in [0.1, 0.15) is 6.61 Å². The van der Waals surface area contributed by atoms with E-state index in [0.717, 1.165) is 27.8 Å². The molecule has 1 amide bonds. The third-order valence-corrected chi connectivity index (χ3v) is 5.72. The fourth-order valence-electron chi connectivity index (χ4n) is 4.14. The Balaban J connectivity index is 1.53. The number of ether oxygens (including phenoxy) is 1. The molecule has 32 heavy (non-hydrogen) atoms. The quantitative estimate of drug-likeness (QED) is 0.520. The number of rotatable bonds is 7. The molecule has 3 aromatic carbocycles. The van der Waals surface area contributed by atoms with E-state index in [4.69, 9.17) is 4.74 Å². The Morgan fingerprint density at radius 3 is 2.09 bits per heavy atom. The number of carbonyl (C=O) groups is 2. The van der Waals surface area contributed by atoms with Gasteiger partial charge in [0.15, 0.2) is 0 Å². The zero-order valence-corrected chi connectivity index (χ0v) is 17.8. The van der Waals surface area contributed by atoms with Crippen LogP contribution in [0.3, 0.4) is 0 Å². The lowest BCUT2D eigenvalue weighted by atomic mass is 9.98. The summed E-state index contributed by atoms with van der Waals surface area (Å²) in [6.45, 7) is 1.88. The standard InChI is InChI=1S/C27H25NO4/c1-19(17-26(29)30)28(16-15-20-9-3-2-4-10-20)27(31)32-18-25-23-13-7-5-11-21(23)22-12-6-8-14-24(22)25/h2-16,19,25H,17-18H2,1H3,(H,29,30)/t19-/m0/s1. The number of amides is 1. The van der Waals surface area contributed by atoms with E-state index in [0.29, 0.717) is 0 Å². The minimum Gasteiger partial charge on any atom is -0.481 e. The van der Waals surface area contributed by atoms with Gasteiger partial charge in [-0.05, 0) is 40.8 Å². The van der Waals surface area contributed by atoms with Gasteiger partial charge in [0.2, 0.25) is 0 Å². The van der Waals surface area contributed by atoms with Crippen molar-refractivity contribution in [1.82, 2.24) is 4.90 Å². The normalized spacial score (nSPS) is 13.4. The fraction of sp³-hybridized carbons (Fsp3) is 0.185. The summed E-state index contributed by atoms with van der Waals surface area (Å²) in [5, 5.41) is 9.22. The van der Waals surface area contributed by atoms with Crippen molar-refractivity contribution in [3.05, 3.63) is 102 Å². The summed E-state index contributed by atoms with van der Waals surface area (Å²) in [5.74, 6) is -1.02. The van der Waals surface area contributed by atoms with Crippen molar-refractivity contribution >= 4 is 18.1 Å². The lowest BCUT2D eigenvalue weighted by molar-refractivity contribution is -0.137. The SMILES string of the molecule is C[C@@H](CC(=O)O)N(C=Cc1ccccc1)C(=O)OCC1c2ccccc2-c2ccccc21.